The van der Waals surface area contributed by atoms with E-state index in [-0.39, 0.29) is 50.5 Å². The lowest BCUT2D eigenvalue weighted by molar-refractivity contribution is -0.126. The van der Waals surface area contributed by atoms with E-state index in [2.05, 4.69) is 21.0 Å². The smallest absolute Gasteiger partial charge is 0.248 e. The van der Waals surface area contributed by atoms with Crippen molar-refractivity contribution >= 4 is 16.6 Å². The van der Waals surface area contributed by atoms with Gasteiger partial charge in [0.2, 0.25) is 5.92 Å². The van der Waals surface area contributed by atoms with E-state index in [1.807, 2.05) is 29.1 Å². The average molecular weight is 457 g/mol. The van der Waals surface area contributed by atoms with E-state index < -0.39 is 5.92 Å². The topological polar surface area (TPSA) is 51.0 Å². The third-order valence-corrected chi connectivity index (χ3v) is 6.97. The van der Waals surface area contributed by atoms with Crippen LogP contribution in [0.15, 0.2) is 36.7 Å². The molecule has 2 aromatic heterocycles. The zero-order valence-electron chi connectivity index (χ0n) is 18.4. The fourth-order valence-corrected chi connectivity index (χ4v) is 4.98. The SMILES string of the molecule is O=C(Cc1cc2cc(-c3cnn4c3CN(CCF)CC4)ccc2cn1)C1CCC(F)(F)CC1. The highest BCUT2D eigenvalue weighted by Gasteiger charge is 2.37. The molecule has 0 radical (unpaired) electrons. The number of pyridine rings is 1. The summed E-state index contributed by atoms with van der Waals surface area (Å²) in [7, 11) is 0. The van der Waals surface area contributed by atoms with Gasteiger partial charge in [0.05, 0.1) is 18.4 Å². The molecule has 0 amide bonds. The Bertz CT molecular complexity index is 1170. The molecule has 0 unspecified atom stereocenters. The number of fused-ring (bicyclic) bond motifs is 2. The fourth-order valence-electron chi connectivity index (χ4n) is 4.98. The molecule has 1 aromatic carbocycles. The summed E-state index contributed by atoms with van der Waals surface area (Å²) in [5.74, 6) is -2.95. The number of halogens is 3. The number of carbonyl (C=O) groups is 1. The van der Waals surface area contributed by atoms with Crippen LogP contribution in [-0.2, 0) is 24.3 Å². The van der Waals surface area contributed by atoms with Crippen LogP contribution in [0.5, 0.6) is 0 Å². The number of nitrogens with zero attached hydrogens (tertiary/aromatic N) is 4. The van der Waals surface area contributed by atoms with Crippen molar-refractivity contribution in [1.82, 2.24) is 19.7 Å². The number of hydrogen-bond acceptors (Lipinski definition) is 4. The lowest BCUT2D eigenvalue weighted by Crippen LogP contribution is -2.35. The van der Waals surface area contributed by atoms with Gasteiger partial charge < -0.3 is 0 Å². The molecule has 2 aliphatic rings. The molecule has 174 valence electrons. The van der Waals surface area contributed by atoms with Crippen molar-refractivity contribution in [2.24, 2.45) is 5.92 Å². The van der Waals surface area contributed by atoms with Gasteiger partial charge in [-0.05, 0) is 35.9 Å². The van der Waals surface area contributed by atoms with E-state index in [9.17, 15) is 18.0 Å². The Morgan fingerprint density at radius 3 is 2.70 bits per heavy atom. The van der Waals surface area contributed by atoms with Crippen LogP contribution >= 0.6 is 0 Å². The number of rotatable bonds is 6. The van der Waals surface area contributed by atoms with Gasteiger partial charge >= 0.3 is 0 Å². The molecule has 1 aliphatic carbocycles. The van der Waals surface area contributed by atoms with Gasteiger partial charge in [-0.25, -0.2) is 13.2 Å². The molecule has 0 N–H and O–H groups in total. The van der Waals surface area contributed by atoms with Crippen LogP contribution in [0.4, 0.5) is 13.2 Å². The maximum absolute atomic E-state index is 13.4. The lowest BCUT2D eigenvalue weighted by atomic mass is 9.83. The summed E-state index contributed by atoms with van der Waals surface area (Å²) in [4.78, 5) is 19.2. The van der Waals surface area contributed by atoms with E-state index in [0.29, 0.717) is 18.8 Å². The molecule has 0 spiro atoms. The van der Waals surface area contributed by atoms with Gasteiger partial charge in [-0.2, -0.15) is 5.10 Å². The minimum absolute atomic E-state index is 0.00726. The molecule has 0 saturated heterocycles. The first-order valence-electron chi connectivity index (χ1n) is 11.5. The molecular weight excluding hydrogens is 429 g/mol. The maximum Gasteiger partial charge on any atom is 0.248 e. The molecule has 5 rings (SSSR count). The molecule has 0 bridgehead atoms. The van der Waals surface area contributed by atoms with Crippen LogP contribution < -0.4 is 0 Å². The normalized spacial score (nSPS) is 19.0. The van der Waals surface area contributed by atoms with Crippen molar-refractivity contribution in [2.75, 3.05) is 19.8 Å². The number of aromatic nitrogens is 3. The van der Waals surface area contributed by atoms with Crippen molar-refractivity contribution in [3.8, 4) is 11.1 Å². The molecule has 8 heteroatoms. The highest BCUT2D eigenvalue weighted by Crippen LogP contribution is 2.37. The zero-order chi connectivity index (χ0) is 23.0. The van der Waals surface area contributed by atoms with E-state index in [1.165, 1.54) is 0 Å². The van der Waals surface area contributed by atoms with Crippen LogP contribution in [0.25, 0.3) is 21.9 Å². The number of benzene rings is 1. The average Bonchev–Trinajstić information content (AvgIpc) is 3.22. The van der Waals surface area contributed by atoms with Gasteiger partial charge in [-0.3, -0.25) is 19.4 Å². The van der Waals surface area contributed by atoms with Crippen LogP contribution in [0.2, 0.25) is 0 Å². The first kappa shape index (κ1) is 22.1. The molecular formula is C25H27F3N4O. The summed E-state index contributed by atoms with van der Waals surface area (Å²) in [6.07, 6.45) is 3.85. The standard InChI is InChI=1S/C25H27F3N4O/c26-7-8-31-9-10-32-23(16-31)22(15-30-32)18-1-2-19-14-29-21(12-20(19)11-18)13-24(33)17-3-5-25(27,28)6-4-17/h1-2,11-12,14-15,17H,3-10,13,16H2. The monoisotopic (exact) mass is 456 g/mol. The van der Waals surface area contributed by atoms with Gasteiger partial charge in [-0.1, -0.05) is 12.1 Å². The Balaban J connectivity index is 1.36. The Morgan fingerprint density at radius 2 is 1.91 bits per heavy atom. The van der Waals surface area contributed by atoms with Gasteiger partial charge in [0.15, 0.2) is 0 Å². The summed E-state index contributed by atoms with van der Waals surface area (Å²) >= 11 is 0. The second-order valence-electron chi connectivity index (χ2n) is 9.20. The second kappa shape index (κ2) is 8.89. The number of Topliss-reactive ketones (excluding diaryl/α,β-unsaturated/α-hetero) is 1. The lowest BCUT2D eigenvalue weighted by Gasteiger charge is -2.27. The molecule has 1 fully saturated rings. The predicted molar refractivity (Wildman–Crippen MR) is 120 cm³/mol. The number of alkyl halides is 3. The molecule has 1 aliphatic heterocycles. The largest absolute Gasteiger partial charge is 0.299 e. The third kappa shape index (κ3) is 4.67. The van der Waals surface area contributed by atoms with Crippen LogP contribution in [0.3, 0.4) is 0 Å². The number of hydrogen-bond donors (Lipinski definition) is 0. The Hall–Kier alpha value is -2.74. The highest BCUT2D eigenvalue weighted by atomic mass is 19.3. The van der Waals surface area contributed by atoms with Gasteiger partial charge in [0.1, 0.15) is 12.5 Å². The second-order valence-corrected chi connectivity index (χ2v) is 9.20. The molecule has 1 saturated carbocycles. The van der Waals surface area contributed by atoms with E-state index >= 15 is 0 Å². The number of carbonyl (C=O) groups excluding carboxylic acids is 1. The first-order valence-corrected chi connectivity index (χ1v) is 11.5. The summed E-state index contributed by atoms with van der Waals surface area (Å²) in [5.41, 5.74) is 3.78. The van der Waals surface area contributed by atoms with Crippen molar-refractivity contribution < 1.29 is 18.0 Å². The predicted octanol–water partition coefficient (Wildman–Crippen LogP) is 4.82. The summed E-state index contributed by atoms with van der Waals surface area (Å²) in [6, 6.07) is 8.01. The van der Waals surface area contributed by atoms with E-state index in [4.69, 9.17) is 0 Å². The van der Waals surface area contributed by atoms with Crippen LogP contribution in [0.1, 0.15) is 37.1 Å². The number of ketones is 1. The summed E-state index contributed by atoms with van der Waals surface area (Å²) in [6.45, 7) is 2.25. The Morgan fingerprint density at radius 1 is 1.09 bits per heavy atom. The third-order valence-electron chi connectivity index (χ3n) is 6.97. The molecule has 5 nitrogen and oxygen atoms in total. The molecule has 3 heterocycles. The first-order chi connectivity index (χ1) is 15.9. The van der Waals surface area contributed by atoms with E-state index in [0.717, 1.165) is 40.7 Å². The van der Waals surface area contributed by atoms with Crippen molar-refractivity contribution in [2.45, 2.75) is 51.1 Å². The summed E-state index contributed by atoms with van der Waals surface area (Å²) < 4.78 is 41.6. The summed E-state index contributed by atoms with van der Waals surface area (Å²) in [5, 5.41) is 6.45. The minimum atomic E-state index is -2.63. The Kier molecular flexibility index (Phi) is 5.95. The van der Waals surface area contributed by atoms with Gasteiger partial charge in [0.25, 0.3) is 0 Å². The van der Waals surface area contributed by atoms with Crippen molar-refractivity contribution in [3.05, 3.63) is 48.0 Å². The molecule has 33 heavy (non-hydrogen) atoms. The maximum atomic E-state index is 13.4. The van der Waals surface area contributed by atoms with E-state index in [1.54, 1.807) is 6.20 Å². The highest BCUT2D eigenvalue weighted by molar-refractivity contribution is 5.89. The van der Waals surface area contributed by atoms with Crippen LogP contribution in [-0.4, -0.2) is 51.1 Å². The minimum Gasteiger partial charge on any atom is -0.299 e. The van der Waals surface area contributed by atoms with Gasteiger partial charge in [0, 0.05) is 67.7 Å². The Labute approximate surface area is 190 Å². The molecule has 0 atom stereocenters. The van der Waals surface area contributed by atoms with Crippen molar-refractivity contribution in [3.63, 3.8) is 0 Å². The zero-order valence-corrected chi connectivity index (χ0v) is 18.4. The van der Waals surface area contributed by atoms with Gasteiger partial charge in [-0.15, -0.1) is 0 Å². The quantitative estimate of drug-likeness (QED) is 0.534. The fraction of sp³-hybridized carbons (Fsp3) is 0.480. The van der Waals surface area contributed by atoms with Crippen LogP contribution in [0, 0.1) is 5.92 Å². The molecule has 3 aromatic rings. The van der Waals surface area contributed by atoms with Crippen molar-refractivity contribution in [1.29, 1.82) is 0 Å².